The lowest BCUT2D eigenvalue weighted by Crippen LogP contribution is -2.23. The maximum atomic E-state index is 5.43. The average molecular weight is 290 g/mol. The summed E-state index contributed by atoms with van der Waals surface area (Å²) >= 11 is 1.73. The Labute approximate surface area is 125 Å². The second kappa shape index (κ2) is 6.86. The monoisotopic (exact) mass is 290 g/mol. The van der Waals surface area contributed by atoms with Crippen LogP contribution in [0.1, 0.15) is 34.8 Å². The quantitative estimate of drug-likeness (QED) is 0.881. The highest BCUT2D eigenvalue weighted by molar-refractivity contribution is 7.09. The van der Waals surface area contributed by atoms with Crippen LogP contribution in [0.15, 0.2) is 23.6 Å². The standard InChI is InChI=1S/C16H22N2OS/c1-5-17-14(9-16-18-12(3)10-20-16)13-7-6-11(2)15(8-13)19-4/h6-8,10,14,17H,5,9H2,1-4H3. The van der Waals surface area contributed by atoms with Gasteiger partial charge in [-0.2, -0.15) is 0 Å². The van der Waals surface area contributed by atoms with Gasteiger partial charge in [0, 0.05) is 23.5 Å². The first-order valence-electron chi connectivity index (χ1n) is 6.93. The molecule has 0 saturated heterocycles. The molecule has 2 aromatic rings. The van der Waals surface area contributed by atoms with Gasteiger partial charge in [0.15, 0.2) is 0 Å². The van der Waals surface area contributed by atoms with Crippen molar-refractivity contribution in [3.63, 3.8) is 0 Å². The van der Waals surface area contributed by atoms with Crippen LogP contribution in [0.3, 0.4) is 0 Å². The molecular formula is C16H22N2OS. The lowest BCUT2D eigenvalue weighted by atomic mass is 10.0. The largest absolute Gasteiger partial charge is 0.496 e. The van der Waals surface area contributed by atoms with E-state index in [-0.39, 0.29) is 6.04 Å². The van der Waals surface area contributed by atoms with Crippen LogP contribution in [-0.4, -0.2) is 18.6 Å². The van der Waals surface area contributed by atoms with Gasteiger partial charge in [0.1, 0.15) is 5.75 Å². The maximum Gasteiger partial charge on any atom is 0.122 e. The molecule has 0 aliphatic rings. The predicted molar refractivity (Wildman–Crippen MR) is 84.7 cm³/mol. The van der Waals surface area contributed by atoms with Crippen LogP contribution < -0.4 is 10.1 Å². The van der Waals surface area contributed by atoms with Gasteiger partial charge in [-0.05, 0) is 37.6 Å². The van der Waals surface area contributed by atoms with Gasteiger partial charge in [-0.1, -0.05) is 19.1 Å². The third-order valence-electron chi connectivity index (χ3n) is 3.33. The number of rotatable bonds is 6. The van der Waals surface area contributed by atoms with Crippen molar-refractivity contribution in [3.05, 3.63) is 45.4 Å². The van der Waals surface area contributed by atoms with Crippen LogP contribution in [-0.2, 0) is 6.42 Å². The van der Waals surface area contributed by atoms with Gasteiger partial charge < -0.3 is 10.1 Å². The number of ether oxygens (including phenoxy) is 1. The van der Waals surface area contributed by atoms with Crippen molar-refractivity contribution in [1.82, 2.24) is 10.3 Å². The molecule has 0 bridgehead atoms. The van der Waals surface area contributed by atoms with Crippen molar-refractivity contribution in [2.75, 3.05) is 13.7 Å². The topological polar surface area (TPSA) is 34.2 Å². The van der Waals surface area contributed by atoms with Crippen molar-refractivity contribution in [2.24, 2.45) is 0 Å². The molecule has 0 spiro atoms. The summed E-state index contributed by atoms with van der Waals surface area (Å²) in [6.45, 7) is 7.17. The van der Waals surface area contributed by atoms with E-state index in [9.17, 15) is 0 Å². The Kier molecular flexibility index (Phi) is 5.15. The van der Waals surface area contributed by atoms with E-state index >= 15 is 0 Å². The molecule has 3 nitrogen and oxygen atoms in total. The van der Waals surface area contributed by atoms with E-state index in [1.54, 1.807) is 18.4 Å². The number of hydrogen-bond donors (Lipinski definition) is 1. The van der Waals surface area contributed by atoms with E-state index in [0.29, 0.717) is 0 Å². The summed E-state index contributed by atoms with van der Waals surface area (Å²) in [4.78, 5) is 4.57. The predicted octanol–water partition coefficient (Wildman–Crippen LogP) is 3.66. The average Bonchev–Trinajstić information content (AvgIpc) is 2.84. The van der Waals surface area contributed by atoms with Crippen molar-refractivity contribution < 1.29 is 4.74 Å². The number of aryl methyl sites for hydroxylation is 2. The lowest BCUT2D eigenvalue weighted by Gasteiger charge is -2.18. The minimum atomic E-state index is 0.278. The van der Waals surface area contributed by atoms with Gasteiger partial charge in [0.05, 0.1) is 12.1 Å². The first-order chi connectivity index (χ1) is 9.63. The molecule has 1 N–H and O–H groups in total. The second-order valence-corrected chi connectivity index (χ2v) is 5.87. The molecule has 0 saturated carbocycles. The molecule has 1 aromatic carbocycles. The molecule has 0 radical (unpaired) electrons. The molecule has 108 valence electrons. The van der Waals surface area contributed by atoms with Crippen molar-refractivity contribution in [2.45, 2.75) is 33.2 Å². The molecule has 0 amide bonds. The van der Waals surface area contributed by atoms with Crippen LogP contribution in [0.5, 0.6) is 5.75 Å². The third-order valence-corrected chi connectivity index (χ3v) is 4.32. The van der Waals surface area contributed by atoms with Gasteiger partial charge in [-0.25, -0.2) is 4.98 Å². The van der Waals surface area contributed by atoms with Crippen LogP contribution >= 0.6 is 11.3 Å². The first kappa shape index (κ1) is 15.0. The molecule has 1 heterocycles. The van der Waals surface area contributed by atoms with Gasteiger partial charge in [0.2, 0.25) is 0 Å². The summed E-state index contributed by atoms with van der Waals surface area (Å²) in [6, 6.07) is 6.69. The number of nitrogens with zero attached hydrogens (tertiary/aromatic N) is 1. The molecule has 0 aliphatic carbocycles. The highest BCUT2D eigenvalue weighted by Gasteiger charge is 2.14. The highest BCUT2D eigenvalue weighted by atomic mass is 32.1. The van der Waals surface area contributed by atoms with Crippen LogP contribution in [0.2, 0.25) is 0 Å². The smallest absolute Gasteiger partial charge is 0.122 e. The number of benzene rings is 1. The third kappa shape index (κ3) is 3.58. The Morgan fingerprint density at radius 1 is 1.35 bits per heavy atom. The Balaban J connectivity index is 2.23. The molecule has 1 unspecified atom stereocenters. The Hall–Kier alpha value is -1.39. The summed E-state index contributed by atoms with van der Waals surface area (Å²) in [7, 11) is 1.72. The van der Waals surface area contributed by atoms with E-state index in [1.165, 1.54) is 10.6 Å². The molecule has 1 aromatic heterocycles. The molecule has 1 atom stereocenters. The molecule has 2 rings (SSSR count). The SMILES string of the molecule is CCNC(Cc1nc(C)cs1)c1ccc(C)c(OC)c1. The van der Waals surface area contributed by atoms with Gasteiger partial charge in [-0.3, -0.25) is 0 Å². The number of hydrogen-bond acceptors (Lipinski definition) is 4. The fourth-order valence-corrected chi connectivity index (χ4v) is 3.10. The van der Waals surface area contributed by atoms with Crippen molar-refractivity contribution >= 4 is 11.3 Å². The highest BCUT2D eigenvalue weighted by Crippen LogP contribution is 2.26. The van der Waals surface area contributed by atoms with Gasteiger partial charge in [0.25, 0.3) is 0 Å². The summed E-state index contributed by atoms with van der Waals surface area (Å²) in [5.74, 6) is 0.945. The molecule has 4 heteroatoms. The summed E-state index contributed by atoms with van der Waals surface area (Å²) < 4.78 is 5.43. The van der Waals surface area contributed by atoms with Crippen LogP contribution in [0.4, 0.5) is 0 Å². The van der Waals surface area contributed by atoms with E-state index in [1.807, 2.05) is 6.92 Å². The van der Waals surface area contributed by atoms with E-state index < -0.39 is 0 Å². The van der Waals surface area contributed by atoms with Crippen LogP contribution in [0.25, 0.3) is 0 Å². The van der Waals surface area contributed by atoms with Gasteiger partial charge >= 0.3 is 0 Å². The number of thiazole rings is 1. The molecular weight excluding hydrogens is 268 g/mol. The minimum Gasteiger partial charge on any atom is -0.496 e. The fraction of sp³-hybridized carbons (Fsp3) is 0.438. The van der Waals surface area contributed by atoms with E-state index in [4.69, 9.17) is 4.74 Å². The number of likely N-dealkylation sites (N-methyl/N-ethyl adjacent to an activating group) is 1. The Morgan fingerprint density at radius 2 is 2.15 bits per heavy atom. The maximum absolute atomic E-state index is 5.43. The number of aromatic nitrogens is 1. The molecule has 0 fully saturated rings. The minimum absolute atomic E-state index is 0.278. The fourth-order valence-electron chi connectivity index (χ4n) is 2.28. The van der Waals surface area contributed by atoms with E-state index in [0.717, 1.165) is 30.0 Å². The zero-order chi connectivity index (χ0) is 14.5. The van der Waals surface area contributed by atoms with Crippen molar-refractivity contribution in [1.29, 1.82) is 0 Å². The number of methoxy groups -OCH3 is 1. The summed E-state index contributed by atoms with van der Waals surface area (Å²) in [5.41, 5.74) is 3.51. The Morgan fingerprint density at radius 3 is 2.75 bits per heavy atom. The lowest BCUT2D eigenvalue weighted by molar-refractivity contribution is 0.410. The first-order valence-corrected chi connectivity index (χ1v) is 7.81. The number of nitrogens with one attached hydrogen (secondary N) is 1. The molecule has 20 heavy (non-hydrogen) atoms. The summed E-state index contributed by atoms with van der Waals surface area (Å²) in [5, 5.41) is 6.82. The zero-order valence-corrected chi connectivity index (χ0v) is 13.4. The summed E-state index contributed by atoms with van der Waals surface area (Å²) in [6.07, 6.45) is 0.915. The van der Waals surface area contributed by atoms with Crippen LogP contribution in [0, 0.1) is 13.8 Å². The van der Waals surface area contributed by atoms with Gasteiger partial charge in [-0.15, -0.1) is 11.3 Å². The normalized spacial score (nSPS) is 12.4. The Bertz CT molecular complexity index is 565. The second-order valence-electron chi connectivity index (χ2n) is 4.93. The van der Waals surface area contributed by atoms with E-state index in [2.05, 4.69) is 47.7 Å². The van der Waals surface area contributed by atoms with Crippen molar-refractivity contribution in [3.8, 4) is 5.75 Å². The molecule has 0 aliphatic heterocycles. The zero-order valence-electron chi connectivity index (χ0n) is 12.6.